The first kappa shape index (κ1) is 11.6. The van der Waals surface area contributed by atoms with E-state index in [4.69, 9.17) is 0 Å². The Balaban J connectivity index is 1.90. The van der Waals surface area contributed by atoms with Crippen molar-refractivity contribution in [1.82, 2.24) is 5.32 Å². The second kappa shape index (κ2) is 4.54. The van der Waals surface area contributed by atoms with Crippen molar-refractivity contribution in [2.24, 2.45) is 5.41 Å². The summed E-state index contributed by atoms with van der Waals surface area (Å²) in [6.07, 6.45) is 3.98. The topological polar surface area (TPSA) is 12.0 Å². The smallest absolute Gasteiger partial charge is 0.123 e. The van der Waals surface area contributed by atoms with Gasteiger partial charge < -0.3 is 5.32 Å². The standard InChI is InChI=1S/C14H20FN/c1-11(12-5-3-6-13(15)9-12)16-10-14(2)7-4-8-14/h3,5-6,9,11,16H,4,7-8,10H2,1-2H3. The van der Waals surface area contributed by atoms with Crippen molar-refractivity contribution in [2.45, 2.75) is 39.2 Å². The number of rotatable bonds is 4. The van der Waals surface area contributed by atoms with Crippen LogP contribution in [-0.4, -0.2) is 6.54 Å². The lowest BCUT2D eigenvalue weighted by Crippen LogP contribution is -2.38. The van der Waals surface area contributed by atoms with Gasteiger partial charge in [-0.1, -0.05) is 25.5 Å². The van der Waals surface area contributed by atoms with E-state index in [1.54, 1.807) is 12.1 Å². The third-order valence-electron chi connectivity index (χ3n) is 3.74. The maximum atomic E-state index is 13.1. The van der Waals surface area contributed by atoms with E-state index in [2.05, 4.69) is 19.2 Å². The number of hydrogen-bond donors (Lipinski definition) is 1. The highest BCUT2D eigenvalue weighted by molar-refractivity contribution is 5.19. The SMILES string of the molecule is CC(NCC1(C)CCC1)c1cccc(F)c1. The molecule has 0 saturated heterocycles. The summed E-state index contributed by atoms with van der Waals surface area (Å²) in [5.74, 6) is -0.152. The summed E-state index contributed by atoms with van der Waals surface area (Å²) in [4.78, 5) is 0. The molecule has 0 heterocycles. The second-order valence-electron chi connectivity index (χ2n) is 5.32. The molecule has 1 aliphatic carbocycles. The van der Waals surface area contributed by atoms with Crippen LogP contribution < -0.4 is 5.32 Å². The van der Waals surface area contributed by atoms with Gasteiger partial charge in [0.1, 0.15) is 5.82 Å². The van der Waals surface area contributed by atoms with Crippen LogP contribution >= 0.6 is 0 Å². The zero-order valence-corrected chi connectivity index (χ0v) is 10.1. The van der Waals surface area contributed by atoms with Crippen LogP contribution in [0.15, 0.2) is 24.3 Å². The van der Waals surface area contributed by atoms with Crippen molar-refractivity contribution < 1.29 is 4.39 Å². The van der Waals surface area contributed by atoms with E-state index in [1.807, 2.05) is 6.07 Å². The van der Waals surface area contributed by atoms with Gasteiger partial charge in [0.25, 0.3) is 0 Å². The van der Waals surface area contributed by atoms with Gasteiger partial charge in [0.05, 0.1) is 0 Å². The fraction of sp³-hybridized carbons (Fsp3) is 0.571. The molecular formula is C14H20FN. The maximum Gasteiger partial charge on any atom is 0.123 e. The third kappa shape index (κ3) is 2.62. The van der Waals surface area contributed by atoms with Crippen LogP contribution in [0, 0.1) is 11.2 Å². The van der Waals surface area contributed by atoms with Crippen molar-refractivity contribution in [3.8, 4) is 0 Å². The van der Waals surface area contributed by atoms with E-state index < -0.39 is 0 Å². The minimum Gasteiger partial charge on any atom is -0.310 e. The van der Waals surface area contributed by atoms with Crippen LogP contribution in [0.2, 0.25) is 0 Å². The largest absolute Gasteiger partial charge is 0.310 e. The van der Waals surface area contributed by atoms with Gasteiger partial charge in [-0.25, -0.2) is 4.39 Å². The fourth-order valence-electron chi connectivity index (χ4n) is 2.25. The average Bonchev–Trinajstić information content (AvgIpc) is 2.23. The summed E-state index contributed by atoms with van der Waals surface area (Å²) >= 11 is 0. The zero-order valence-electron chi connectivity index (χ0n) is 10.1. The summed E-state index contributed by atoms with van der Waals surface area (Å²) in [7, 11) is 0. The molecule has 1 atom stereocenters. The van der Waals surface area contributed by atoms with Crippen molar-refractivity contribution >= 4 is 0 Å². The van der Waals surface area contributed by atoms with Crippen molar-refractivity contribution in [1.29, 1.82) is 0 Å². The Morgan fingerprint density at radius 1 is 1.44 bits per heavy atom. The minimum atomic E-state index is -0.152. The molecule has 0 bridgehead atoms. The third-order valence-corrected chi connectivity index (χ3v) is 3.74. The first-order valence-corrected chi connectivity index (χ1v) is 6.08. The Bertz CT molecular complexity index is 358. The van der Waals surface area contributed by atoms with Gasteiger partial charge in [-0.3, -0.25) is 0 Å². The molecule has 0 spiro atoms. The van der Waals surface area contributed by atoms with Crippen molar-refractivity contribution in [3.63, 3.8) is 0 Å². The Kier molecular flexibility index (Phi) is 3.29. The molecule has 0 aromatic heterocycles. The van der Waals surface area contributed by atoms with Crippen LogP contribution in [0.1, 0.15) is 44.7 Å². The number of benzene rings is 1. The van der Waals surface area contributed by atoms with Crippen LogP contribution in [0.4, 0.5) is 4.39 Å². The Hall–Kier alpha value is -0.890. The monoisotopic (exact) mass is 221 g/mol. The summed E-state index contributed by atoms with van der Waals surface area (Å²) in [5, 5.41) is 3.50. The molecule has 1 fully saturated rings. The maximum absolute atomic E-state index is 13.1. The quantitative estimate of drug-likeness (QED) is 0.818. The van der Waals surface area contributed by atoms with E-state index in [1.165, 1.54) is 25.3 Å². The zero-order chi connectivity index (χ0) is 11.6. The van der Waals surface area contributed by atoms with Gasteiger partial charge in [0.15, 0.2) is 0 Å². The summed E-state index contributed by atoms with van der Waals surface area (Å²) in [5.41, 5.74) is 1.50. The van der Waals surface area contributed by atoms with E-state index in [9.17, 15) is 4.39 Å². The molecule has 1 N–H and O–H groups in total. The summed E-state index contributed by atoms with van der Waals surface area (Å²) < 4.78 is 13.1. The van der Waals surface area contributed by atoms with E-state index in [0.29, 0.717) is 5.41 Å². The number of halogens is 1. The van der Waals surface area contributed by atoms with Crippen LogP contribution in [0.5, 0.6) is 0 Å². The number of hydrogen-bond acceptors (Lipinski definition) is 1. The van der Waals surface area contributed by atoms with Gasteiger partial charge in [0.2, 0.25) is 0 Å². The van der Waals surface area contributed by atoms with Crippen LogP contribution in [0.25, 0.3) is 0 Å². The molecule has 2 heteroatoms. The fourth-order valence-corrected chi connectivity index (χ4v) is 2.25. The molecule has 1 nitrogen and oxygen atoms in total. The molecule has 0 radical (unpaired) electrons. The van der Waals surface area contributed by atoms with Crippen molar-refractivity contribution in [2.75, 3.05) is 6.54 Å². The van der Waals surface area contributed by atoms with Crippen molar-refractivity contribution in [3.05, 3.63) is 35.6 Å². The molecule has 1 saturated carbocycles. The Labute approximate surface area is 97.1 Å². The summed E-state index contributed by atoms with van der Waals surface area (Å²) in [6, 6.07) is 7.08. The lowest BCUT2D eigenvalue weighted by molar-refractivity contribution is 0.152. The molecular weight excluding hydrogens is 201 g/mol. The summed E-state index contributed by atoms with van der Waals surface area (Å²) in [6.45, 7) is 5.45. The van der Waals surface area contributed by atoms with Crippen LogP contribution in [-0.2, 0) is 0 Å². The average molecular weight is 221 g/mol. The lowest BCUT2D eigenvalue weighted by Gasteiger charge is -2.39. The van der Waals surface area contributed by atoms with Gasteiger partial charge in [-0.2, -0.15) is 0 Å². The van der Waals surface area contributed by atoms with Gasteiger partial charge in [0, 0.05) is 12.6 Å². The minimum absolute atomic E-state index is 0.152. The molecule has 0 aliphatic heterocycles. The molecule has 1 aromatic rings. The Morgan fingerprint density at radius 2 is 2.19 bits per heavy atom. The number of nitrogens with one attached hydrogen (secondary N) is 1. The normalized spacial score (nSPS) is 20.2. The molecule has 1 aliphatic rings. The predicted molar refractivity (Wildman–Crippen MR) is 64.8 cm³/mol. The molecule has 1 aromatic carbocycles. The van der Waals surface area contributed by atoms with E-state index >= 15 is 0 Å². The second-order valence-corrected chi connectivity index (χ2v) is 5.32. The molecule has 1 unspecified atom stereocenters. The first-order valence-electron chi connectivity index (χ1n) is 6.08. The molecule has 88 valence electrons. The van der Waals surface area contributed by atoms with E-state index in [0.717, 1.165) is 12.1 Å². The highest BCUT2D eigenvalue weighted by Gasteiger charge is 2.31. The molecule has 16 heavy (non-hydrogen) atoms. The molecule has 0 amide bonds. The van der Waals surface area contributed by atoms with Crippen LogP contribution in [0.3, 0.4) is 0 Å². The predicted octanol–water partition coefficient (Wildman–Crippen LogP) is 3.67. The highest BCUT2D eigenvalue weighted by Crippen LogP contribution is 2.39. The Morgan fingerprint density at radius 3 is 2.75 bits per heavy atom. The highest BCUT2D eigenvalue weighted by atomic mass is 19.1. The van der Waals surface area contributed by atoms with Gasteiger partial charge in [-0.05, 0) is 42.9 Å². The van der Waals surface area contributed by atoms with Gasteiger partial charge >= 0.3 is 0 Å². The van der Waals surface area contributed by atoms with Gasteiger partial charge in [-0.15, -0.1) is 0 Å². The van der Waals surface area contributed by atoms with E-state index in [-0.39, 0.29) is 11.9 Å². The first-order chi connectivity index (χ1) is 7.59. The molecule has 2 rings (SSSR count). The lowest BCUT2D eigenvalue weighted by atomic mass is 9.70.